The molecule has 3 N–H and O–H groups in total. The van der Waals surface area contributed by atoms with Crippen molar-refractivity contribution in [3.05, 3.63) is 47.3 Å². The summed E-state index contributed by atoms with van der Waals surface area (Å²) >= 11 is 0. The van der Waals surface area contributed by atoms with Gasteiger partial charge in [-0.3, -0.25) is 14.5 Å². The van der Waals surface area contributed by atoms with E-state index >= 15 is 0 Å². The van der Waals surface area contributed by atoms with Gasteiger partial charge in [0.15, 0.2) is 0 Å². The molecule has 44 heavy (non-hydrogen) atoms. The van der Waals surface area contributed by atoms with Crippen LogP contribution < -0.4 is 10.6 Å². The van der Waals surface area contributed by atoms with Crippen LogP contribution in [0.2, 0.25) is 0 Å². The van der Waals surface area contributed by atoms with Crippen LogP contribution in [0.1, 0.15) is 76.8 Å². The van der Waals surface area contributed by atoms with Crippen molar-refractivity contribution in [2.24, 2.45) is 5.92 Å². The second kappa shape index (κ2) is 12.7. The number of allylic oxidation sites excluding steroid dienone is 1. The predicted octanol–water partition coefficient (Wildman–Crippen LogP) is 3.53. The van der Waals surface area contributed by atoms with Gasteiger partial charge in [-0.25, -0.2) is 14.0 Å². The summed E-state index contributed by atoms with van der Waals surface area (Å²) in [6.45, 7) is 5.15. The number of alkyl carbamates (subject to hydrolysis) is 1. The van der Waals surface area contributed by atoms with Crippen LogP contribution in [0.25, 0.3) is 0 Å². The predicted molar refractivity (Wildman–Crippen MR) is 157 cm³/mol. The third-order valence-corrected chi connectivity index (χ3v) is 8.81. The summed E-state index contributed by atoms with van der Waals surface area (Å²) in [4.78, 5) is 56.4. The molecule has 12 heteroatoms. The molecule has 3 heterocycles. The fraction of sp³-hybridized carbons (Fsp3) is 0.625. The topological polar surface area (TPSA) is 138 Å². The summed E-state index contributed by atoms with van der Waals surface area (Å²) in [5, 5.41) is 15.9. The smallest absolute Gasteiger partial charge is 0.410 e. The van der Waals surface area contributed by atoms with Crippen LogP contribution in [0.15, 0.2) is 30.4 Å². The molecule has 4 aliphatic rings. The molecule has 3 aliphatic heterocycles. The Kier molecular flexibility index (Phi) is 9.20. The van der Waals surface area contributed by atoms with Gasteiger partial charge in [-0.05, 0) is 58.1 Å². The number of halogens is 1. The SMILES string of the molecule is CC(C)(C)OC(=O)N[C@H]1CCCCCC=C[C@@H]2C[C@@]2(CO)NC(=O)C2C[C@@H](OC(=O)N3Cc4cccc(F)c4C3)CN2C1=O. The number of nitrogens with one attached hydrogen (secondary N) is 2. The highest BCUT2D eigenvalue weighted by Crippen LogP contribution is 2.44. The highest BCUT2D eigenvalue weighted by Gasteiger charge is 2.55. The number of carbonyl (C=O) groups excluding carboxylic acids is 4. The maximum absolute atomic E-state index is 14.3. The lowest BCUT2D eigenvalue weighted by Crippen LogP contribution is -2.56. The number of rotatable bonds is 3. The van der Waals surface area contributed by atoms with Gasteiger partial charge in [-0.1, -0.05) is 37.1 Å². The molecule has 0 spiro atoms. The van der Waals surface area contributed by atoms with Gasteiger partial charge < -0.3 is 30.1 Å². The van der Waals surface area contributed by atoms with E-state index < -0.39 is 53.3 Å². The van der Waals surface area contributed by atoms with Crippen LogP contribution in [-0.2, 0) is 32.2 Å². The molecule has 1 aromatic carbocycles. The Morgan fingerprint density at radius 3 is 2.70 bits per heavy atom. The highest BCUT2D eigenvalue weighted by atomic mass is 19.1. The molecule has 5 rings (SSSR count). The van der Waals surface area contributed by atoms with E-state index in [-0.39, 0.29) is 44.4 Å². The van der Waals surface area contributed by atoms with Gasteiger partial charge in [0.05, 0.1) is 25.2 Å². The standard InChI is InChI=1S/C32H43FN4O7/c1-31(2,3)44-29(41)34-25-13-8-6-4-5-7-11-21-15-32(21,19-38)35-27(39)26-14-22(17-37(26)28(25)40)43-30(42)36-16-20-10-9-12-24(33)23(20)18-36/h7,9-12,21-22,25-26,38H,4-6,8,13-19H2,1-3H3,(H,34,41)(H,35,39)/t21-,22-,25+,26?,32+/m1/s1. The number of ether oxygens (including phenoxy) is 2. The summed E-state index contributed by atoms with van der Waals surface area (Å²) in [5.74, 6) is -1.33. The maximum Gasteiger partial charge on any atom is 0.410 e. The monoisotopic (exact) mass is 614 g/mol. The minimum absolute atomic E-state index is 0.0143. The molecule has 240 valence electrons. The molecule has 4 amide bonds. The molecule has 1 unspecified atom stereocenters. The van der Waals surface area contributed by atoms with Crippen molar-refractivity contribution in [2.45, 2.75) is 108 Å². The quantitative estimate of drug-likeness (QED) is 0.443. The zero-order chi connectivity index (χ0) is 31.6. The zero-order valence-corrected chi connectivity index (χ0v) is 25.6. The summed E-state index contributed by atoms with van der Waals surface area (Å²) < 4.78 is 25.5. The third kappa shape index (κ3) is 7.17. The molecule has 0 bridgehead atoms. The second-order valence-electron chi connectivity index (χ2n) is 13.4. The van der Waals surface area contributed by atoms with Gasteiger partial charge in [-0.2, -0.15) is 0 Å². The molecule has 0 radical (unpaired) electrons. The lowest BCUT2D eigenvalue weighted by molar-refractivity contribution is -0.140. The maximum atomic E-state index is 14.3. The van der Waals surface area contributed by atoms with Crippen molar-refractivity contribution in [3.8, 4) is 0 Å². The number of hydrogen-bond acceptors (Lipinski definition) is 7. The van der Waals surface area contributed by atoms with Gasteiger partial charge in [0.2, 0.25) is 11.8 Å². The summed E-state index contributed by atoms with van der Waals surface area (Å²) in [5.41, 5.74) is -0.436. The average Bonchev–Trinajstić information content (AvgIpc) is 3.26. The van der Waals surface area contributed by atoms with E-state index in [1.807, 2.05) is 6.08 Å². The van der Waals surface area contributed by atoms with E-state index in [1.54, 1.807) is 32.9 Å². The van der Waals surface area contributed by atoms with Gasteiger partial charge in [0, 0.05) is 24.4 Å². The number of carbonyl (C=O) groups is 4. The Hall–Kier alpha value is -3.67. The van der Waals surface area contributed by atoms with E-state index in [9.17, 15) is 28.7 Å². The van der Waals surface area contributed by atoms with E-state index in [1.165, 1.54) is 15.9 Å². The largest absolute Gasteiger partial charge is 0.444 e. The lowest BCUT2D eigenvalue weighted by atomic mass is 10.0. The molecular formula is C32H43FN4O7. The molecule has 1 saturated carbocycles. The number of benzene rings is 1. The third-order valence-electron chi connectivity index (χ3n) is 8.81. The van der Waals surface area contributed by atoms with Gasteiger partial charge in [0.25, 0.3) is 0 Å². The van der Waals surface area contributed by atoms with Crippen molar-refractivity contribution < 1.29 is 38.1 Å². The van der Waals surface area contributed by atoms with Crippen LogP contribution in [0.3, 0.4) is 0 Å². The minimum atomic E-state index is -0.991. The van der Waals surface area contributed by atoms with Gasteiger partial charge in [-0.15, -0.1) is 0 Å². The average molecular weight is 615 g/mol. The normalized spacial score (nSPS) is 29.0. The molecule has 5 atom stereocenters. The number of hydrogen-bond donors (Lipinski definition) is 3. The van der Waals surface area contributed by atoms with Crippen LogP contribution in [0.4, 0.5) is 14.0 Å². The first-order valence-corrected chi connectivity index (χ1v) is 15.5. The Balaban J connectivity index is 1.35. The number of aliphatic hydroxyl groups excluding tert-OH is 1. The number of amides is 4. The lowest BCUT2D eigenvalue weighted by Gasteiger charge is -2.30. The van der Waals surface area contributed by atoms with Crippen LogP contribution in [-0.4, -0.2) is 81.4 Å². The molecule has 11 nitrogen and oxygen atoms in total. The number of aliphatic hydroxyl groups is 1. The van der Waals surface area contributed by atoms with E-state index in [2.05, 4.69) is 16.7 Å². The van der Waals surface area contributed by atoms with Gasteiger partial charge in [0.1, 0.15) is 29.6 Å². The second-order valence-corrected chi connectivity index (χ2v) is 13.4. The fourth-order valence-electron chi connectivity index (χ4n) is 6.34. The molecule has 2 fully saturated rings. The molecule has 0 aromatic heterocycles. The van der Waals surface area contributed by atoms with E-state index in [0.717, 1.165) is 19.3 Å². The first-order chi connectivity index (χ1) is 20.9. The van der Waals surface area contributed by atoms with Crippen molar-refractivity contribution in [1.82, 2.24) is 20.4 Å². The Labute approximate surface area is 257 Å². The summed E-state index contributed by atoms with van der Waals surface area (Å²) in [6, 6.07) is 2.76. The van der Waals surface area contributed by atoms with E-state index in [4.69, 9.17) is 9.47 Å². The Morgan fingerprint density at radius 2 is 1.98 bits per heavy atom. The van der Waals surface area contributed by atoms with Crippen molar-refractivity contribution in [3.63, 3.8) is 0 Å². The minimum Gasteiger partial charge on any atom is -0.444 e. The summed E-state index contributed by atoms with van der Waals surface area (Å²) in [6.07, 6.45) is 6.08. The fourth-order valence-corrected chi connectivity index (χ4v) is 6.34. The Bertz CT molecular complexity index is 1310. The van der Waals surface area contributed by atoms with Crippen molar-refractivity contribution in [2.75, 3.05) is 13.2 Å². The molecule has 1 aliphatic carbocycles. The van der Waals surface area contributed by atoms with Crippen molar-refractivity contribution in [1.29, 1.82) is 0 Å². The van der Waals surface area contributed by atoms with Crippen LogP contribution in [0.5, 0.6) is 0 Å². The zero-order valence-electron chi connectivity index (χ0n) is 25.6. The van der Waals surface area contributed by atoms with Crippen LogP contribution >= 0.6 is 0 Å². The Morgan fingerprint density at radius 1 is 1.18 bits per heavy atom. The first-order valence-electron chi connectivity index (χ1n) is 15.5. The highest BCUT2D eigenvalue weighted by molar-refractivity contribution is 5.92. The van der Waals surface area contributed by atoms with E-state index in [0.29, 0.717) is 30.4 Å². The van der Waals surface area contributed by atoms with Crippen LogP contribution in [0, 0.1) is 11.7 Å². The summed E-state index contributed by atoms with van der Waals surface area (Å²) in [7, 11) is 0. The number of fused-ring (bicyclic) bond motifs is 3. The molecule has 1 saturated heterocycles. The molecule has 1 aromatic rings. The molecular weight excluding hydrogens is 571 g/mol. The first kappa shape index (κ1) is 31.7. The van der Waals surface area contributed by atoms with Crippen molar-refractivity contribution >= 4 is 24.0 Å². The van der Waals surface area contributed by atoms with Gasteiger partial charge >= 0.3 is 12.2 Å². The number of nitrogens with zero attached hydrogens (tertiary/aromatic N) is 2.